The topological polar surface area (TPSA) is 49.8 Å². The third-order valence-electron chi connectivity index (χ3n) is 4.82. The molecule has 0 unspecified atom stereocenters. The molecule has 0 amide bonds. The number of rotatable bonds is 14. The number of hydrogen-bond donors (Lipinski definition) is 1. The SMILES string of the molecule is CCCCCCCCCc1ccc(CCCCCC(=O)O)c2c1O2. The Bertz CT molecular complexity index is 522. The van der Waals surface area contributed by atoms with Crippen molar-refractivity contribution in [2.24, 2.45) is 0 Å². The fraction of sp³-hybridized carbons (Fsp3) is 0.667. The summed E-state index contributed by atoms with van der Waals surface area (Å²) in [4.78, 5) is 10.5. The predicted molar refractivity (Wildman–Crippen MR) is 98.0 cm³/mol. The number of carboxylic acids is 1. The summed E-state index contributed by atoms with van der Waals surface area (Å²) in [5.74, 6) is 1.54. The number of carboxylic acid groups (broad SMARTS) is 1. The molecule has 0 saturated carbocycles. The van der Waals surface area contributed by atoms with E-state index < -0.39 is 5.97 Å². The molecule has 0 aromatic heterocycles. The van der Waals surface area contributed by atoms with Gasteiger partial charge >= 0.3 is 5.97 Å². The van der Waals surface area contributed by atoms with Crippen molar-refractivity contribution in [3.63, 3.8) is 0 Å². The minimum Gasteiger partial charge on any atom is -0.481 e. The monoisotopic (exact) mass is 332 g/mol. The lowest BCUT2D eigenvalue weighted by Gasteiger charge is -2.02. The number of fused-ring (bicyclic) bond motifs is 1. The second-order valence-corrected chi connectivity index (χ2v) is 6.97. The molecule has 3 nitrogen and oxygen atoms in total. The van der Waals surface area contributed by atoms with Crippen molar-refractivity contribution in [2.45, 2.75) is 90.4 Å². The van der Waals surface area contributed by atoms with Gasteiger partial charge in [0.05, 0.1) is 0 Å². The lowest BCUT2D eigenvalue weighted by Crippen LogP contribution is -1.94. The summed E-state index contributed by atoms with van der Waals surface area (Å²) in [6.45, 7) is 2.26. The summed E-state index contributed by atoms with van der Waals surface area (Å²) >= 11 is 0. The van der Waals surface area contributed by atoms with Gasteiger partial charge in [0.25, 0.3) is 0 Å². The molecule has 1 N–H and O–H groups in total. The standard InChI is InChI=1S/C21H32O3/c1-2-3-4-5-6-7-9-12-17-15-16-18(21-20(17)24-21)13-10-8-11-14-19(22)23/h15-16H,2-14H2,1H3,(H,22,23). The molecule has 0 aliphatic carbocycles. The third-order valence-corrected chi connectivity index (χ3v) is 4.82. The van der Waals surface area contributed by atoms with E-state index in [0.717, 1.165) is 43.6 Å². The molecule has 0 atom stereocenters. The second-order valence-electron chi connectivity index (χ2n) is 6.97. The fourth-order valence-electron chi connectivity index (χ4n) is 3.29. The Morgan fingerprint density at radius 1 is 0.833 bits per heavy atom. The molecule has 1 aliphatic heterocycles. The van der Waals surface area contributed by atoms with E-state index in [0.29, 0.717) is 0 Å². The number of aryl methyl sites for hydroxylation is 2. The third kappa shape index (κ3) is 6.54. The molecule has 2 rings (SSSR count). The van der Waals surface area contributed by atoms with Crippen molar-refractivity contribution in [3.8, 4) is 11.5 Å². The molecule has 1 aromatic carbocycles. The minimum atomic E-state index is -0.694. The van der Waals surface area contributed by atoms with E-state index in [1.165, 1.54) is 56.1 Å². The Kier molecular flexibility index (Phi) is 8.14. The van der Waals surface area contributed by atoms with Crippen molar-refractivity contribution in [1.29, 1.82) is 0 Å². The van der Waals surface area contributed by atoms with E-state index >= 15 is 0 Å². The van der Waals surface area contributed by atoms with Crippen LogP contribution in [0.3, 0.4) is 0 Å². The highest BCUT2D eigenvalue weighted by Crippen LogP contribution is 2.51. The Balaban J connectivity index is 1.61. The summed E-state index contributed by atoms with van der Waals surface area (Å²) in [7, 11) is 0. The molecule has 0 saturated heterocycles. The molecule has 134 valence electrons. The predicted octanol–water partition coefficient (Wildman–Crippen LogP) is 6.27. The van der Waals surface area contributed by atoms with E-state index in [2.05, 4.69) is 19.1 Å². The summed E-state index contributed by atoms with van der Waals surface area (Å²) in [6, 6.07) is 4.44. The van der Waals surface area contributed by atoms with Crippen molar-refractivity contribution in [2.75, 3.05) is 0 Å². The van der Waals surface area contributed by atoms with Crippen LogP contribution in [0.2, 0.25) is 0 Å². The molecule has 0 bridgehead atoms. The van der Waals surface area contributed by atoms with Crippen molar-refractivity contribution in [3.05, 3.63) is 23.3 Å². The average Bonchev–Trinajstić information content (AvgIpc) is 3.35. The van der Waals surface area contributed by atoms with Crippen molar-refractivity contribution < 1.29 is 14.6 Å². The van der Waals surface area contributed by atoms with Crippen LogP contribution in [-0.2, 0) is 17.6 Å². The first kappa shape index (κ1) is 18.8. The first-order valence-corrected chi connectivity index (χ1v) is 9.76. The molecule has 1 aliphatic rings. The number of benzene rings is 1. The van der Waals surface area contributed by atoms with E-state index in [-0.39, 0.29) is 6.42 Å². The van der Waals surface area contributed by atoms with Crippen LogP contribution in [0, 0.1) is 0 Å². The highest BCUT2D eigenvalue weighted by atomic mass is 16.6. The molecule has 0 radical (unpaired) electrons. The van der Waals surface area contributed by atoms with Gasteiger partial charge in [-0.1, -0.05) is 64.0 Å². The van der Waals surface area contributed by atoms with Crippen LogP contribution in [0.5, 0.6) is 11.5 Å². The molecule has 0 fully saturated rings. The van der Waals surface area contributed by atoms with Gasteiger partial charge < -0.3 is 9.84 Å². The largest absolute Gasteiger partial charge is 0.481 e. The van der Waals surface area contributed by atoms with Crippen molar-refractivity contribution in [1.82, 2.24) is 0 Å². The first-order valence-electron chi connectivity index (χ1n) is 9.76. The number of ether oxygens (including phenoxy) is 1. The van der Waals surface area contributed by atoms with E-state index in [4.69, 9.17) is 9.84 Å². The summed E-state index contributed by atoms with van der Waals surface area (Å²) in [6.07, 6.45) is 14.6. The fourth-order valence-corrected chi connectivity index (χ4v) is 3.29. The van der Waals surface area contributed by atoms with Crippen LogP contribution < -0.4 is 4.74 Å². The van der Waals surface area contributed by atoms with Crippen LogP contribution in [0.15, 0.2) is 12.1 Å². The summed E-state index contributed by atoms with van der Waals surface area (Å²) < 4.78 is 5.71. The summed E-state index contributed by atoms with van der Waals surface area (Å²) in [5.41, 5.74) is 2.66. The van der Waals surface area contributed by atoms with Crippen LogP contribution in [0.1, 0.15) is 88.7 Å². The van der Waals surface area contributed by atoms with Gasteiger partial charge in [-0.25, -0.2) is 0 Å². The van der Waals surface area contributed by atoms with Gasteiger partial charge in [-0.2, -0.15) is 0 Å². The maximum atomic E-state index is 10.5. The highest BCUT2D eigenvalue weighted by molar-refractivity contribution is 5.66. The van der Waals surface area contributed by atoms with Gasteiger partial charge in [-0.05, 0) is 43.2 Å². The van der Waals surface area contributed by atoms with Crippen LogP contribution in [-0.4, -0.2) is 11.1 Å². The van der Waals surface area contributed by atoms with Gasteiger partial charge in [-0.15, -0.1) is 0 Å². The minimum absolute atomic E-state index is 0.284. The Morgan fingerprint density at radius 2 is 1.33 bits per heavy atom. The van der Waals surface area contributed by atoms with Crippen molar-refractivity contribution >= 4 is 5.97 Å². The molecule has 0 spiro atoms. The van der Waals surface area contributed by atoms with Gasteiger partial charge in [-0.3, -0.25) is 4.79 Å². The van der Waals surface area contributed by atoms with Gasteiger partial charge in [0, 0.05) is 6.42 Å². The quantitative estimate of drug-likeness (QED) is 0.327. The first-order chi connectivity index (χ1) is 11.7. The Morgan fingerprint density at radius 3 is 1.88 bits per heavy atom. The normalized spacial score (nSPS) is 11.9. The Hall–Kier alpha value is -1.51. The Labute approximate surface area is 146 Å². The molecular weight excluding hydrogens is 300 g/mol. The van der Waals surface area contributed by atoms with E-state index in [1.807, 2.05) is 0 Å². The zero-order valence-electron chi connectivity index (χ0n) is 15.1. The van der Waals surface area contributed by atoms with Crippen LogP contribution in [0.25, 0.3) is 0 Å². The number of unbranched alkanes of at least 4 members (excludes halogenated alkanes) is 8. The second kappa shape index (κ2) is 10.4. The molecule has 1 aromatic rings. The maximum Gasteiger partial charge on any atom is 0.303 e. The number of aliphatic carboxylic acids is 1. The highest BCUT2D eigenvalue weighted by Gasteiger charge is 2.27. The number of hydrogen-bond acceptors (Lipinski definition) is 2. The van der Waals surface area contributed by atoms with E-state index in [1.54, 1.807) is 0 Å². The number of carbonyl (C=O) groups is 1. The average molecular weight is 332 g/mol. The zero-order valence-corrected chi connectivity index (χ0v) is 15.1. The molecule has 1 heterocycles. The van der Waals surface area contributed by atoms with Gasteiger partial charge in [0.2, 0.25) is 0 Å². The smallest absolute Gasteiger partial charge is 0.303 e. The van der Waals surface area contributed by atoms with Gasteiger partial charge in [0.1, 0.15) is 0 Å². The van der Waals surface area contributed by atoms with Crippen LogP contribution >= 0.6 is 0 Å². The lowest BCUT2D eigenvalue weighted by atomic mass is 10.0. The lowest BCUT2D eigenvalue weighted by molar-refractivity contribution is -0.137. The van der Waals surface area contributed by atoms with E-state index in [9.17, 15) is 4.79 Å². The zero-order chi connectivity index (χ0) is 17.2. The molecular formula is C21H32O3. The summed E-state index contributed by atoms with van der Waals surface area (Å²) in [5, 5.41) is 8.64. The van der Waals surface area contributed by atoms with Gasteiger partial charge in [0.15, 0.2) is 11.5 Å². The molecule has 3 heteroatoms. The maximum absolute atomic E-state index is 10.5. The molecule has 24 heavy (non-hydrogen) atoms. The van der Waals surface area contributed by atoms with Crippen LogP contribution in [0.4, 0.5) is 0 Å².